The lowest BCUT2D eigenvalue weighted by molar-refractivity contribution is -0.342. The molecular formula is C20H34F7I. The number of halogens is 8. The summed E-state index contributed by atoms with van der Waals surface area (Å²) < 4.78 is 88.0. The molecule has 0 aliphatic rings. The van der Waals surface area contributed by atoms with Gasteiger partial charge in [0.25, 0.3) is 5.67 Å². The van der Waals surface area contributed by atoms with E-state index in [9.17, 15) is 30.7 Å². The molecule has 0 radical (unpaired) electrons. The third-order valence-electron chi connectivity index (χ3n) is 5.02. The molecule has 0 N–H and O–H groups in total. The molecule has 0 aromatic heterocycles. The summed E-state index contributed by atoms with van der Waals surface area (Å²) in [4.78, 5) is 0. The van der Waals surface area contributed by atoms with Crippen LogP contribution in [0.15, 0.2) is 0 Å². The Labute approximate surface area is 178 Å². The molecule has 0 aliphatic carbocycles. The molecule has 1 atom stereocenters. The minimum Gasteiger partial charge on any atom is -0.224 e. The molecule has 0 fully saturated rings. The molecular weight excluding hydrogens is 500 g/mol. The van der Waals surface area contributed by atoms with E-state index in [1.807, 2.05) is 0 Å². The van der Waals surface area contributed by atoms with Crippen LogP contribution in [0.1, 0.15) is 103 Å². The van der Waals surface area contributed by atoms with Crippen LogP contribution in [-0.2, 0) is 0 Å². The number of unbranched alkanes of at least 4 members (excludes halogenated alkanes) is 12. The van der Waals surface area contributed by atoms with Gasteiger partial charge in [-0.2, -0.15) is 26.3 Å². The van der Waals surface area contributed by atoms with Gasteiger partial charge in [0, 0.05) is 10.3 Å². The monoisotopic (exact) mass is 534 g/mol. The fourth-order valence-corrected chi connectivity index (χ4v) is 4.23. The second kappa shape index (κ2) is 14.3. The summed E-state index contributed by atoms with van der Waals surface area (Å²) in [5.41, 5.74) is -5.12. The molecule has 0 spiro atoms. The van der Waals surface area contributed by atoms with Gasteiger partial charge in [-0.1, -0.05) is 113 Å². The van der Waals surface area contributed by atoms with Crippen molar-refractivity contribution < 1.29 is 30.7 Å². The molecule has 0 amide bonds. The predicted molar refractivity (Wildman–Crippen MR) is 109 cm³/mol. The van der Waals surface area contributed by atoms with Crippen molar-refractivity contribution in [3.8, 4) is 0 Å². The van der Waals surface area contributed by atoms with E-state index in [-0.39, 0.29) is 6.42 Å². The molecule has 0 aromatic carbocycles. The lowest BCUT2D eigenvalue weighted by atomic mass is 9.95. The number of hydrogen-bond acceptors (Lipinski definition) is 0. The van der Waals surface area contributed by atoms with Crippen molar-refractivity contribution >= 4 is 22.6 Å². The minimum absolute atomic E-state index is 0.163. The Morgan fingerprint density at radius 1 is 0.571 bits per heavy atom. The van der Waals surface area contributed by atoms with Gasteiger partial charge in [-0.3, -0.25) is 0 Å². The van der Waals surface area contributed by atoms with E-state index in [1.165, 1.54) is 74.0 Å². The average molecular weight is 534 g/mol. The lowest BCUT2D eigenvalue weighted by Crippen LogP contribution is -2.54. The second-order valence-corrected chi connectivity index (χ2v) is 9.39. The first-order valence-corrected chi connectivity index (χ1v) is 11.7. The van der Waals surface area contributed by atoms with Gasteiger partial charge in [0.15, 0.2) is 0 Å². The van der Waals surface area contributed by atoms with Crippen LogP contribution >= 0.6 is 22.6 Å². The Morgan fingerprint density at radius 2 is 0.893 bits per heavy atom. The number of hydrogen-bond donors (Lipinski definition) is 0. The fourth-order valence-electron chi connectivity index (χ4n) is 3.18. The van der Waals surface area contributed by atoms with E-state index in [0.29, 0.717) is 6.42 Å². The fraction of sp³-hybridized carbons (Fsp3) is 1.00. The summed E-state index contributed by atoms with van der Waals surface area (Å²) in [6, 6.07) is 0. The Kier molecular flexibility index (Phi) is 14.4. The Morgan fingerprint density at radius 3 is 1.21 bits per heavy atom. The highest BCUT2D eigenvalue weighted by Crippen LogP contribution is 2.50. The zero-order chi connectivity index (χ0) is 21.7. The largest absolute Gasteiger partial charge is 0.431 e. The van der Waals surface area contributed by atoms with Crippen LogP contribution < -0.4 is 0 Å². The predicted octanol–water partition coefficient (Wildman–Crippen LogP) is 9.49. The van der Waals surface area contributed by atoms with Gasteiger partial charge in [0.2, 0.25) is 0 Å². The standard InChI is InChI=1S/C20H34F7I/c1-2-3-4-5-6-7-8-9-10-11-12-13-14-15-17(28)16-18(21,19(22,23)24)20(25,26)27/h17H,2-16H2,1H3. The summed E-state index contributed by atoms with van der Waals surface area (Å²) >= 11 is 1.50. The molecule has 170 valence electrons. The SMILES string of the molecule is CCCCCCCCCCCCCCCC(I)CC(F)(C(F)(F)F)C(F)(F)F. The molecule has 28 heavy (non-hydrogen) atoms. The third-order valence-corrected chi connectivity index (χ3v) is 6.09. The van der Waals surface area contributed by atoms with Crippen LogP contribution in [0.2, 0.25) is 0 Å². The Hall–Kier alpha value is 0.240. The highest BCUT2D eigenvalue weighted by Gasteiger charge is 2.72. The topological polar surface area (TPSA) is 0 Å². The smallest absolute Gasteiger partial charge is 0.224 e. The van der Waals surface area contributed by atoms with E-state index in [1.54, 1.807) is 0 Å². The van der Waals surface area contributed by atoms with Crippen LogP contribution in [0.4, 0.5) is 30.7 Å². The molecule has 0 aromatic rings. The normalized spacial score (nSPS) is 14.5. The molecule has 8 heteroatoms. The lowest BCUT2D eigenvalue weighted by Gasteiger charge is -2.31. The van der Waals surface area contributed by atoms with E-state index in [2.05, 4.69) is 6.92 Å². The first-order valence-electron chi connectivity index (χ1n) is 10.4. The summed E-state index contributed by atoms with van der Waals surface area (Å²) in [5.74, 6) is 0. The summed E-state index contributed by atoms with van der Waals surface area (Å²) in [6.45, 7) is 2.19. The van der Waals surface area contributed by atoms with Crippen molar-refractivity contribution in [3.05, 3.63) is 0 Å². The highest BCUT2D eigenvalue weighted by molar-refractivity contribution is 14.1. The van der Waals surface area contributed by atoms with E-state index in [0.717, 1.165) is 25.7 Å². The maximum Gasteiger partial charge on any atom is 0.431 e. The molecule has 0 rings (SSSR count). The maximum atomic E-state index is 13.7. The van der Waals surface area contributed by atoms with Gasteiger partial charge >= 0.3 is 12.4 Å². The van der Waals surface area contributed by atoms with Crippen LogP contribution in [0, 0.1) is 0 Å². The second-order valence-electron chi connectivity index (χ2n) is 7.63. The molecule has 0 saturated heterocycles. The zero-order valence-corrected chi connectivity index (χ0v) is 18.9. The molecule has 0 bridgehead atoms. The van der Waals surface area contributed by atoms with Crippen LogP contribution in [-0.4, -0.2) is 21.9 Å². The Bertz CT molecular complexity index is 366. The number of alkyl halides is 8. The summed E-state index contributed by atoms with van der Waals surface area (Å²) in [7, 11) is 0. The molecule has 1 unspecified atom stereocenters. The minimum atomic E-state index is -5.94. The van der Waals surface area contributed by atoms with Gasteiger partial charge < -0.3 is 0 Å². The molecule has 0 heterocycles. The van der Waals surface area contributed by atoms with Gasteiger partial charge in [-0.15, -0.1) is 0 Å². The maximum absolute atomic E-state index is 13.7. The van der Waals surface area contributed by atoms with Crippen molar-refractivity contribution in [3.63, 3.8) is 0 Å². The van der Waals surface area contributed by atoms with Gasteiger partial charge in [-0.25, -0.2) is 4.39 Å². The van der Waals surface area contributed by atoms with Crippen LogP contribution in [0.25, 0.3) is 0 Å². The number of rotatable bonds is 16. The van der Waals surface area contributed by atoms with Crippen molar-refractivity contribution in [2.45, 2.75) is 125 Å². The summed E-state index contributed by atoms with van der Waals surface area (Å²) in [6.07, 6.45) is 1.13. The highest BCUT2D eigenvalue weighted by atomic mass is 127. The third kappa shape index (κ3) is 11.4. The van der Waals surface area contributed by atoms with E-state index in [4.69, 9.17) is 0 Å². The molecule has 0 nitrogen and oxygen atoms in total. The average Bonchev–Trinajstić information content (AvgIpc) is 2.57. The zero-order valence-electron chi connectivity index (χ0n) is 16.7. The van der Waals surface area contributed by atoms with Gasteiger partial charge in [-0.05, 0) is 6.42 Å². The van der Waals surface area contributed by atoms with Crippen LogP contribution in [0.3, 0.4) is 0 Å². The first-order chi connectivity index (χ1) is 13.0. The van der Waals surface area contributed by atoms with E-state index < -0.39 is 28.4 Å². The molecule has 0 saturated carbocycles. The van der Waals surface area contributed by atoms with Gasteiger partial charge in [0.05, 0.1) is 0 Å². The van der Waals surface area contributed by atoms with Crippen LogP contribution in [0.5, 0.6) is 0 Å². The quantitative estimate of drug-likeness (QED) is 0.0801. The van der Waals surface area contributed by atoms with E-state index >= 15 is 0 Å². The van der Waals surface area contributed by atoms with Crippen molar-refractivity contribution in [2.75, 3.05) is 0 Å². The Balaban J connectivity index is 3.78. The summed E-state index contributed by atoms with van der Waals surface area (Å²) in [5, 5.41) is 0. The van der Waals surface area contributed by atoms with Crippen molar-refractivity contribution in [1.82, 2.24) is 0 Å². The first kappa shape index (κ1) is 28.2. The molecule has 0 aliphatic heterocycles. The van der Waals surface area contributed by atoms with Crippen molar-refractivity contribution in [1.29, 1.82) is 0 Å². The van der Waals surface area contributed by atoms with Gasteiger partial charge in [0.1, 0.15) is 0 Å². The van der Waals surface area contributed by atoms with Crippen molar-refractivity contribution in [2.24, 2.45) is 0 Å².